The number of morpholine rings is 1. The molecule has 1 unspecified atom stereocenters. The molecule has 0 saturated carbocycles. The van der Waals surface area contributed by atoms with Crippen molar-refractivity contribution in [2.75, 3.05) is 26.3 Å². The second kappa shape index (κ2) is 5.52. The Balaban J connectivity index is 2.28. The number of carboxylic acids is 1. The molecule has 2 rings (SSSR count). The third kappa shape index (κ3) is 2.85. The summed E-state index contributed by atoms with van der Waals surface area (Å²) in [5.41, 5.74) is 5.23. The lowest BCUT2D eigenvalue weighted by atomic mass is 9.88. The lowest BCUT2D eigenvalue weighted by molar-refractivity contribution is -0.146. The second-order valence-corrected chi connectivity index (χ2v) is 5.93. The maximum Gasteiger partial charge on any atom is 0.329 e. The Hall–Kier alpha value is -1.43. The molecule has 0 bridgehead atoms. The predicted octanol–water partition coefficient (Wildman–Crippen LogP) is 1.04. The van der Waals surface area contributed by atoms with Crippen molar-refractivity contribution in [2.45, 2.75) is 24.9 Å². The zero-order valence-electron chi connectivity index (χ0n) is 12.0. The summed E-state index contributed by atoms with van der Waals surface area (Å²) in [6.07, 6.45) is 0. The standard InChI is InChI=1S/C15H22N2O3/c1-14(2)11-20-9-8-17(14)10-15(16,13(18)19)12-6-4-3-5-7-12/h3-7H,8-11,16H2,1-2H3,(H,18,19). The first-order valence-electron chi connectivity index (χ1n) is 6.77. The Bertz CT molecular complexity index is 475. The molecular weight excluding hydrogens is 256 g/mol. The Morgan fingerprint density at radius 2 is 2.10 bits per heavy atom. The molecule has 1 aliphatic heterocycles. The Kier molecular flexibility index (Phi) is 4.13. The van der Waals surface area contributed by atoms with Crippen molar-refractivity contribution in [3.63, 3.8) is 0 Å². The van der Waals surface area contributed by atoms with E-state index in [1.165, 1.54) is 0 Å². The Labute approximate surface area is 119 Å². The van der Waals surface area contributed by atoms with Crippen LogP contribution in [0.25, 0.3) is 0 Å². The molecule has 1 atom stereocenters. The van der Waals surface area contributed by atoms with Crippen molar-refractivity contribution in [3.05, 3.63) is 35.9 Å². The number of aliphatic carboxylic acids is 1. The normalized spacial score (nSPS) is 22.1. The number of benzene rings is 1. The van der Waals surface area contributed by atoms with Gasteiger partial charge in [-0.3, -0.25) is 4.90 Å². The fraction of sp³-hybridized carbons (Fsp3) is 0.533. The van der Waals surface area contributed by atoms with Crippen LogP contribution in [0.4, 0.5) is 0 Å². The monoisotopic (exact) mass is 278 g/mol. The minimum atomic E-state index is -1.41. The van der Waals surface area contributed by atoms with Gasteiger partial charge >= 0.3 is 5.97 Å². The van der Waals surface area contributed by atoms with Gasteiger partial charge in [0.2, 0.25) is 0 Å². The maximum absolute atomic E-state index is 11.7. The van der Waals surface area contributed by atoms with E-state index >= 15 is 0 Å². The third-order valence-corrected chi connectivity index (χ3v) is 3.93. The molecule has 1 aromatic carbocycles. The van der Waals surface area contributed by atoms with Gasteiger partial charge in [-0.1, -0.05) is 30.3 Å². The maximum atomic E-state index is 11.7. The Morgan fingerprint density at radius 3 is 2.65 bits per heavy atom. The minimum absolute atomic E-state index is 0.215. The zero-order valence-corrected chi connectivity index (χ0v) is 12.0. The van der Waals surface area contributed by atoms with Gasteiger partial charge in [-0.05, 0) is 19.4 Å². The molecule has 3 N–H and O–H groups in total. The van der Waals surface area contributed by atoms with E-state index in [0.29, 0.717) is 25.3 Å². The van der Waals surface area contributed by atoms with Crippen molar-refractivity contribution in [2.24, 2.45) is 5.73 Å². The van der Waals surface area contributed by atoms with Crippen LogP contribution >= 0.6 is 0 Å². The molecular formula is C15H22N2O3. The SMILES string of the molecule is CC1(C)COCCN1CC(N)(C(=O)O)c1ccccc1. The minimum Gasteiger partial charge on any atom is -0.480 e. The van der Waals surface area contributed by atoms with E-state index in [1.807, 2.05) is 32.0 Å². The van der Waals surface area contributed by atoms with E-state index in [9.17, 15) is 9.90 Å². The molecule has 0 aromatic heterocycles. The van der Waals surface area contributed by atoms with Gasteiger partial charge < -0.3 is 15.6 Å². The average Bonchev–Trinajstić information content (AvgIpc) is 2.41. The molecule has 1 heterocycles. The van der Waals surface area contributed by atoms with Crippen LogP contribution in [0.5, 0.6) is 0 Å². The molecule has 0 aliphatic carbocycles. The fourth-order valence-corrected chi connectivity index (χ4v) is 2.50. The molecule has 1 fully saturated rings. The number of ether oxygens (including phenoxy) is 1. The van der Waals surface area contributed by atoms with Crippen LogP contribution in [0, 0.1) is 0 Å². The van der Waals surface area contributed by atoms with E-state index in [4.69, 9.17) is 10.5 Å². The van der Waals surface area contributed by atoms with Crippen LogP contribution in [0.15, 0.2) is 30.3 Å². The summed E-state index contributed by atoms with van der Waals surface area (Å²) < 4.78 is 5.47. The molecule has 1 aliphatic rings. The van der Waals surface area contributed by atoms with Crippen LogP contribution in [-0.4, -0.2) is 47.8 Å². The highest BCUT2D eigenvalue weighted by atomic mass is 16.5. The summed E-state index contributed by atoms with van der Waals surface area (Å²) in [4.78, 5) is 13.8. The van der Waals surface area contributed by atoms with Crippen molar-refractivity contribution < 1.29 is 14.6 Å². The van der Waals surface area contributed by atoms with E-state index < -0.39 is 11.5 Å². The van der Waals surface area contributed by atoms with E-state index in [-0.39, 0.29) is 12.1 Å². The van der Waals surface area contributed by atoms with E-state index in [1.54, 1.807) is 12.1 Å². The highest BCUT2D eigenvalue weighted by Crippen LogP contribution is 2.26. The van der Waals surface area contributed by atoms with Crippen LogP contribution in [0.1, 0.15) is 19.4 Å². The Morgan fingerprint density at radius 1 is 1.45 bits per heavy atom. The van der Waals surface area contributed by atoms with Gasteiger partial charge in [0.15, 0.2) is 5.54 Å². The van der Waals surface area contributed by atoms with Crippen molar-refractivity contribution in [1.29, 1.82) is 0 Å². The summed E-state index contributed by atoms with van der Waals surface area (Å²) in [6.45, 7) is 6.22. The lowest BCUT2D eigenvalue weighted by Gasteiger charge is -2.45. The number of carboxylic acid groups (broad SMARTS) is 1. The number of rotatable bonds is 4. The number of nitrogens with zero attached hydrogens (tertiary/aromatic N) is 1. The van der Waals surface area contributed by atoms with Gasteiger partial charge in [0.05, 0.1) is 13.2 Å². The molecule has 1 saturated heterocycles. The second-order valence-electron chi connectivity index (χ2n) is 5.93. The number of nitrogens with two attached hydrogens (primary N) is 1. The smallest absolute Gasteiger partial charge is 0.329 e. The summed E-state index contributed by atoms with van der Waals surface area (Å²) in [7, 11) is 0. The molecule has 0 spiro atoms. The van der Waals surface area contributed by atoms with Gasteiger partial charge in [0, 0.05) is 18.6 Å². The van der Waals surface area contributed by atoms with Gasteiger partial charge in [0.1, 0.15) is 0 Å². The highest BCUT2D eigenvalue weighted by molar-refractivity contribution is 5.80. The summed E-state index contributed by atoms with van der Waals surface area (Å²) >= 11 is 0. The average molecular weight is 278 g/mol. The van der Waals surface area contributed by atoms with Crippen molar-refractivity contribution >= 4 is 5.97 Å². The van der Waals surface area contributed by atoms with Crippen LogP contribution < -0.4 is 5.73 Å². The summed E-state index contributed by atoms with van der Waals surface area (Å²) in [5, 5.41) is 9.60. The summed E-state index contributed by atoms with van der Waals surface area (Å²) in [6, 6.07) is 9.00. The van der Waals surface area contributed by atoms with Crippen LogP contribution in [0.3, 0.4) is 0 Å². The van der Waals surface area contributed by atoms with Crippen molar-refractivity contribution in [3.8, 4) is 0 Å². The van der Waals surface area contributed by atoms with E-state index in [0.717, 1.165) is 0 Å². The first kappa shape index (κ1) is 15.0. The van der Waals surface area contributed by atoms with Crippen molar-refractivity contribution in [1.82, 2.24) is 4.90 Å². The molecule has 5 heteroatoms. The van der Waals surface area contributed by atoms with Gasteiger partial charge in [-0.25, -0.2) is 4.79 Å². The molecule has 5 nitrogen and oxygen atoms in total. The zero-order chi connectivity index (χ0) is 14.8. The summed E-state index contributed by atoms with van der Waals surface area (Å²) in [5.74, 6) is -1.01. The topological polar surface area (TPSA) is 75.8 Å². The molecule has 0 radical (unpaired) electrons. The highest BCUT2D eigenvalue weighted by Gasteiger charge is 2.42. The van der Waals surface area contributed by atoms with Gasteiger partial charge in [-0.15, -0.1) is 0 Å². The molecule has 0 amide bonds. The molecule has 110 valence electrons. The first-order valence-corrected chi connectivity index (χ1v) is 6.77. The number of carbonyl (C=O) groups is 1. The third-order valence-electron chi connectivity index (χ3n) is 3.93. The number of hydrogen-bond acceptors (Lipinski definition) is 4. The molecule has 20 heavy (non-hydrogen) atoms. The first-order chi connectivity index (χ1) is 9.36. The number of hydrogen-bond donors (Lipinski definition) is 2. The van der Waals surface area contributed by atoms with Gasteiger partial charge in [-0.2, -0.15) is 0 Å². The van der Waals surface area contributed by atoms with Gasteiger partial charge in [0.25, 0.3) is 0 Å². The fourth-order valence-electron chi connectivity index (χ4n) is 2.50. The quantitative estimate of drug-likeness (QED) is 0.860. The molecule has 1 aromatic rings. The largest absolute Gasteiger partial charge is 0.480 e. The van der Waals surface area contributed by atoms with Crippen LogP contribution in [-0.2, 0) is 15.1 Å². The van der Waals surface area contributed by atoms with E-state index in [2.05, 4.69) is 4.90 Å². The predicted molar refractivity (Wildman–Crippen MR) is 76.4 cm³/mol. The van der Waals surface area contributed by atoms with Crippen LogP contribution in [0.2, 0.25) is 0 Å². The lowest BCUT2D eigenvalue weighted by Crippen LogP contribution is -2.61.